The SMILES string of the molecule is COC[C@H](O)[C@@](C)(O)CNc1cc(CO)cc([C@H]2C#C[C@@H]3CC(=O)Oc4c3cc(c(O)c4C3CCCCC3)C[C@H]3OC(=O)/C(=C\[C@H](O)Cc4cccc(c4)C[C@H]4C(=O)C[C@@H]5CC[C@H]6[C@@H]7C=CCC[C@@H]7[C@]3(O)[C@@H]5[C@H]64)C2)c1. The Labute approximate surface area is 439 Å². The van der Waals surface area contributed by atoms with Crippen LogP contribution in [0.15, 0.2) is 72.3 Å². The topological polar surface area (TPSA) is 212 Å². The zero-order valence-corrected chi connectivity index (χ0v) is 43.2. The number of allylic oxidation sites excluding steroid dienone is 2. The molecule has 3 heterocycles. The Morgan fingerprint density at radius 3 is 2.49 bits per heavy atom. The number of rotatable bonds is 9. The molecule has 12 bridgehead atoms. The minimum atomic E-state index is -1.66. The van der Waals surface area contributed by atoms with Crippen LogP contribution in [0.4, 0.5) is 5.69 Å². The number of hydrogen-bond acceptors (Lipinski definition) is 13. The third-order valence-electron chi connectivity index (χ3n) is 19.0. The van der Waals surface area contributed by atoms with E-state index in [1.165, 1.54) is 20.1 Å². The molecule has 398 valence electrons. The number of fused-ring (bicyclic) bond motifs is 10. The van der Waals surface area contributed by atoms with Crippen LogP contribution in [0.25, 0.3) is 0 Å². The lowest BCUT2D eigenvalue weighted by Gasteiger charge is -2.66. The lowest BCUT2D eigenvalue weighted by Crippen LogP contribution is -2.71. The molecule has 3 aromatic carbocycles. The van der Waals surface area contributed by atoms with Crippen molar-refractivity contribution in [3.05, 3.63) is 111 Å². The summed E-state index contributed by atoms with van der Waals surface area (Å²) in [6.45, 7) is 0.941. The number of carbonyl (C=O) groups is 3. The average molecular weight is 1020 g/mol. The summed E-state index contributed by atoms with van der Waals surface area (Å²) in [5.74, 6) is 3.11. The van der Waals surface area contributed by atoms with E-state index >= 15 is 4.79 Å². The van der Waals surface area contributed by atoms with Crippen molar-refractivity contribution in [1.82, 2.24) is 0 Å². The summed E-state index contributed by atoms with van der Waals surface area (Å²) in [5.41, 5.74) is 1.90. The van der Waals surface area contributed by atoms with Gasteiger partial charge in [0.15, 0.2) is 0 Å². The molecule has 3 aliphatic heterocycles. The van der Waals surface area contributed by atoms with Crippen molar-refractivity contribution in [2.75, 3.05) is 25.6 Å². The van der Waals surface area contributed by atoms with E-state index in [9.17, 15) is 40.2 Å². The van der Waals surface area contributed by atoms with Gasteiger partial charge in [-0.15, -0.1) is 0 Å². The second-order valence-electron chi connectivity index (χ2n) is 23.7. The molecule has 7 N–H and O–H groups in total. The maximum Gasteiger partial charge on any atom is 0.334 e. The van der Waals surface area contributed by atoms with E-state index < -0.39 is 59.2 Å². The quantitative estimate of drug-likeness (QED) is 0.0483. The molecule has 5 aliphatic carbocycles. The number of ether oxygens (including phenoxy) is 3. The highest BCUT2D eigenvalue weighted by Gasteiger charge is 2.68. The first-order chi connectivity index (χ1) is 36.1. The summed E-state index contributed by atoms with van der Waals surface area (Å²) in [6.07, 6.45) is 10.6. The van der Waals surface area contributed by atoms with Gasteiger partial charge >= 0.3 is 11.9 Å². The van der Waals surface area contributed by atoms with Crippen LogP contribution < -0.4 is 10.1 Å². The van der Waals surface area contributed by atoms with Crippen molar-refractivity contribution < 1.29 is 59.2 Å². The first-order valence-electron chi connectivity index (χ1n) is 27.7. The van der Waals surface area contributed by atoms with Gasteiger partial charge in [-0.1, -0.05) is 73.6 Å². The molecule has 0 unspecified atom stereocenters. The molecule has 4 fully saturated rings. The van der Waals surface area contributed by atoms with Gasteiger partial charge < -0.3 is 50.2 Å². The molecular weight excluding hydrogens is 951 g/mol. The van der Waals surface area contributed by atoms with Crippen molar-refractivity contribution >= 4 is 23.4 Å². The number of aliphatic hydroxyl groups is 5. The molecule has 13 heteroatoms. The number of aliphatic hydroxyl groups excluding tert-OH is 3. The number of nitrogens with one attached hydrogen (secondary N) is 1. The lowest BCUT2D eigenvalue weighted by atomic mass is 9.40. The molecule has 0 amide bonds. The van der Waals surface area contributed by atoms with Crippen LogP contribution in [0.2, 0.25) is 0 Å². The Kier molecular flexibility index (Phi) is 14.4. The minimum absolute atomic E-state index is 0.0314. The average Bonchev–Trinajstić information content (AvgIpc) is 3.42. The van der Waals surface area contributed by atoms with Gasteiger partial charge in [0.1, 0.15) is 40.7 Å². The molecule has 0 spiro atoms. The van der Waals surface area contributed by atoms with Crippen molar-refractivity contribution in [3.63, 3.8) is 0 Å². The number of esters is 2. The lowest BCUT2D eigenvalue weighted by molar-refractivity contribution is -0.256. The zero-order chi connectivity index (χ0) is 52.3. The maximum absolute atomic E-state index is 15.8. The van der Waals surface area contributed by atoms with Crippen LogP contribution in [0.5, 0.6) is 11.5 Å². The number of methoxy groups -OCH3 is 1. The van der Waals surface area contributed by atoms with Crippen molar-refractivity contribution in [3.8, 4) is 23.3 Å². The first kappa shape index (κ1) is 51.8. The number of benzene rings is 3. The Bertz CT molecular complexity index is 2830. The number of anilines is 1. The predicted molar refractivity (Wildman–Crippen MR) is 280 cm³/mol. The van der Waals surface area contributed by atoms with Gasteiger partial charge in [0, 0.05) is 67.1 Å². The molecule has 0 radical (unpaired) electrons. The summed E-state index contributed by atoms with van der Waals surface area (Å²) in [5, 5.41) is 75.4. The molecule has 11 rings (SSSR count). The Morgan fingerprint density at radius 1 is 0.920 bits per heavy atom. The summed E-state index contributed by atoms with van der Waals surface area (Å²) in [7, 11) is 1.44. The van der Waals surface area contributed by atoms with Crippen LogP contribution in [0, 0.1) is 53.3 Å². The number of ketones is 1. The highest BCUT2D eigenvalue weighted by Crippen LogP contribution is 2.65. The number of Topliss-reactive ketones (excluding diaryl/α,β-unsaturated/α-hetero) is 1. The highest BCUT2D eigenvalue weighted by atomic mass is 16.6. The fourth-order valence-electron chi connectivity index (χ4n) is 15.4. The first-order valence-corrected chi connectivity index (χ1v) is 27.7. The number of aromatic hydroxyl groups is 1. The molecule has 8 aliphatic rings. The van der Waals surface area contributed by atoms with E-state index in [4.69, 9.17) is 14.2 Å². The van der Waals surface area contributed by atoms with Crippen LogP contribution in [0.3, 0.4) is 0 Å². The Morgan fingerprint density at radius 2 is 1.71 bits per heavy atom. The van der Waals surface area contributed by atoms with E-state index in [-0.39, 0.29) is 104 Å². The molecule has 0 saturated heterocycles. The van der Waals surface area contributed by atoms with Gasteiger partial charge in [-0.2, -0.15) is 0 Å². The van der Waals surface area contributed by atoms with Crippen LogP contribution >= 0.6 is 0 Å². The van der Waals surface area contributed by atoms with Gasteiger partial charge in [-0.05, 0) is 152 Å². The zero-order valence-electron chi connectivity index (χ0n) is 43.2. The number of hydrogen-bond donors (Lipinski definition) is 7. The number of phenolic OH excluding ortho intramolecular Hbond substituents is 1. The molecule has 4 saturated carbocycles. The van der Waals surface area contributed by atoms with E-state index in [1.54, 1.807) is 12.1 Å². The minimum Gasteiger partial charge on any atom is -0.507 e. The molecule has 13 nitrogen and oxygen atoms in total. The van der Waals surface area contributed by atoms with Crippen molar-refractivity contribution in [2.45, 2.75) is 157 Å². The standard InChI is InChI=1S/C62H73NO12/c1-61(71,52(67)32-73-2)33-63-44-21-36(31-64)20-41(25-44)38-15-16-39-30-54(68)75-59-48(39)27-42(58(69)55(59)37-11-4-3-5-12-37)29-53-62(72)50-14-7-6-13-46(50)47-18-17-40-28-51(66)49(56(47)57(40)62)23-35-10-8-9-34(19-35)22-45(65)26-43(24-38)60(70)74-53/h6,8-10,13,19-21,25-27,37-40,45-47,49-50,52-53,56-57,63-65,67,69,71-72H,3-5,7,11-12,14,17-18,22-24,28-33H2,1-2H3/b43-26-/t38-,39+,40-,45+,46-,47-,49-,50-,52-,53+,56+,57-,61-,62+/m0/s1. The predicted octanol–water partition coefficient (Wildman–Crippen LogP) is 7.40. The highest BCUT2D eigenvalue weighted by molar-refractivity contribution is 5.89. The van der Waals surface area contributed by atoms with Crippen molar-refractivity contribution in [2.24, 2.45) is 41.4 Å². The summed E-state index contributed by atoms with van der Waals surface area (Å²) < 4.78 is 18.3. The normalized spacial score (nSPS) is 34.2. The monoisotopic (exact) mass is 1020 g/mol. The number of carbonyl (C=O) groups excluding carboxylic acids is 3. The fourth-order valence-corrected chi connectivity index (χ4v) is 15.4. The van der Waals surface area contributed by atoms with Crippen LogP contribution in [-0.4, -0.2) is 98.1 Å². The third-order valence-corrected chi connectivity index (χ3v) is 19.0. The van der Waals surface area contributed by atoms with Gasteiger partial charge in [0.2, 0.25) is 0 Å². The molecule has 3 aromatic rings. The largest absolute Gasteiger partial charge is 0.507 e. The van der Waals surface area contributed by atoms with E-state index in [1.807, 2.05) is 30.3 Å². The number of phenols is 1. The van der Waals surface area contributed by atoms with Gasteiger partial charge in [0.05, 0.1) is 31.7 Å². The van der Waals surface area contributed by atoms with Crippen LogP contribution in [0.1, 0.15) is 141 Å². The summed E-state index contributed by atoms with van der Waals surface area (Å²) in [4.78, 5) is 44.3. The summed E-state index contributed by atoms with van der Waals surface area (Å²) >= 11 is 0. The second kappa shape index (κ2) is 20.9. The third kappa shape index (κ3) is 9.78. The Hall–Kier alpha value is -5.33. The van der Waals surface area contributed by atoms with Gasteiger partial charge in [0.25, 0.3) is 0 Å². The maximum atomic E-state index is 15.8. The van der Waals surface area contributed by atoms with Gasteiger partial charge in [-0.25, -0.2) is 4.79 Å². The fraction of sp³-hybridized carbons (Fsp3) is 0.565. The summed E-state index contributed by atoms with van der Waals surface area (Å²) in [6, 6.07) is 15.2. The molecule has 14 atom stereocenters. The molecule has 75 heavy (non-hydrogen) atoms. The Balaban J connectivity index is 1.13. The second-order valence-corrected chi connectivity index (χ2v) is 23.7. The van der Waals surface area contributed by atoms with E-state index in [0.717, 1.165) is 62.5 Å². The molecule has 0 aromatic heterocycles. The van der Waals surface area contributed by atoms with E-state index in [2.05, 4.69) is 35.4 Å². The van der Waals surface area contributed by atoms with Crippen LogP contribution in [-0.2, 0) is 49.7 Å². The molecular formula is C62H73NO12. The van der Waals surface area contributed by atoms with E-state index in [0.29, 0.717) is 58.5 Å². The smallest absolute Gasteiger partial charge is 0.334 e. The van der Waals surface area contributed by atoms with Gasteiger partial charge in [-0.3, -0.25) is 9.59 Å². The van der Waals surface area contributed by atoms with Crippen molar-refractivity contribution in [1.29, 1.82) is 0 Å².